The smallest absolute Gasteiger partial charge is 0.219 e. The molecule has 64 valence electrons. The molecule has 1 aromatic carbocycles. The Labute approximate surface area is 82.0 Å². The molecule has 1 aromatic rings. The van der Waals surface area contributed by atoms with Gasteiger partial charge < -0.3 is 0 Å². The van der Waals surface area contributed by atoms with Crippen molar-refractivity contribution < 1.29 is 4.79 Å². The molecule has 0 spiro atoms. The highest BCUT2D eigenvalue weighted by Crippen LogP contribution is 2.11. The summed E-state index contributed by atoms with van der Waals surface area (Å²) in [5, 5.41) is 0.129. The summed E-state index contributed by atoms with van der Waals surface area (Å²) in [6.07, 6.45) is 0. The molecule has 0 radical (unpaired) electrons. The lowest BCUT2D eigenvalue weighted by atomic mass is 10.2. The molecular weight excluding hydrogens is 188 g/mol. The third kappa shape index (κ3) is 2.91. The molecule has 0 aliphatic rings. The number of benzene rings is 1. The third-order valence-corrected chi connectivity index (χ3v) is 2.77. The zero-order valence-electron chi connectivity index (χ0n) is 6.56. The zero-order valence-corrected chi connectivity index (χ0v) is 8.28. The Morgan fingerprint density at radius 3 is 2.58 bits per heavy atom. The number of hydrogen-bond donors (Lipinski definition) is 1. The average Bonchev–Trinajstić information content (AvgIpc) is 2.15. The van der Waals surface area contributed by atoms with Crippen LogP contribution >= 0.6 is 24.4 Å². The average molecular weight is 198 g/mol. The van der Waals surface area contributed by atoms with Crippen LogP contribution in [0.1, 0.15) is 10.4 Å². The summed E-state index contributed by atoms with van der Waals surface area (Å²) < 4.78 is 0. The fourth-order valence-electron chi connectivity index (χ4n) is 0.796. The van der Waals surface area contributed by atoms with Crippen LogP contribution in [0.2, 0.25) is 0 Å². The van der Waals surface area contributed by atoms with Gasteiger partial charge in [0.2, 0.25) is 5.12 Å². The van der Waals surface area contributed by atoms with Crippen LogP contribution in [0.5, 0.6) is 0 Å². The van der Waals surface area contributed by atoms with E-state index in [-0.39, 0.29) is 5.12 Å². The molecule has 0 saturated carbocycles. The monoisotopic (exact) mass is 198 g/mol. The minimum Gasteiger partial charge on any atom is -0.282 e. The quantitative estimate of drug-likeness (QED) is 0.752. The first-order valence-corrected chi connectivity index (χ1v) is 5.29. The summed E-state index contributed by atoms with van der Waals surface area (Å²) in [5.74, 6) is 1.51. The van der Waals surface area contributed by atoms with Crippen LogP contribution in [0.3, 0.4) is 0 Å². The number of hydrogen-bond acceptors (Lipinski definition) is 3. The molecule has 1 nitrogen and oxygen atoms in total. The van der Waals surface area contributed by atoms with Crippen molar-refractivity contribution in [2.75, 3.05) is 11.5 Å². The standard InChI is InChI=1S/C9H10OS2/c10-9(12-7-6-11)8-4-2-1-3-5-8/h1-5,11H,6-7H2. The van der Waals surface area contributed by atoms with E-state index in [1.165, 1.54) is 11.8 Å². The number of carbonyl (C=O) groups is 1. The minimum absolute atomic E-state index is 0.129. The fraction of sp³-hybridized carbons (Fsp3) is 0.222. The van der Waals surface area contributed by atoms with Gasteiger partial charge in [-0.15, -0.1) is 0 Å². The van der Waals surface area contributed by atoms with Gasteiger partial charge in [0.05, 0.1) is 0 Å². The second-order valence-corrected chi connectivity index (χ2v) is 3.74. The molecule has 0 N–H and O–H groups in total. The molecule has 3 heteroatoms. The molecule has 0 aromatic heterocycles. The van der Waals surface area contributed by atoms with E-state index < -0.39 is 0 Å². The molecule has 1 rings (SSSR count). The lowest BCUT2D eigenvalue weighted by Crippen LogP contribution is -1.94. The van der Waals surface area contributed by atoms with Gasteiger partial charge in [-0.25, -0.2) is 0 Å². The van der Waals surface area contributed by atoms with Crippen LogP contribution in [0.4, 0.5) is 0 Å². The van der Waals surface area contributed by atoms with E-state index in [4.69, 9.17) is 0 Å². The summed E-state index contributed by atoms with van der Waals surface area (Å²) in [7, 11) is 0. The molecule has 12 heavy (non-hydrogen) atoms. The van der Waals surface area contributed by atoms with Gasteiger partial charge in [0.15, 0.2) is 0 Å². The maximum atomic E-state index is 11.3. The maximum absolute atomic E-state index is 11.3. The SMILES string of the molecule is O=C(SCCS)c1ccccc1. The van der Waals surface area contributed by atoms with Crippen molar-refractivity contribution in [1.29, 1.82) is 0 Å². The van der Waals surface area contributed by atoms with E-state index in [1.54, 1.807) is 0 Å². The van der Waals surface area contributed by atoms with Crippen molar-refractivity contribution in [2.24, 2.45) is 0 Å². The van der Waals surface area contributed by atoms with E-state index in [2.05, 4.69) is 12.6 Å². The predicted molar refractivity (Wildman–Crippen MR) is 57.1 cm³/mol. The summed E-state index contributed by atoms with van der Waals surface area (Å²) >= 11 is 5.35. The zero-order chi connectivity index (χ0) is 8.81. The van der Waals surface area contributed by atoms with Crippen molar-refractivity contribution >= 4 is 29.5 Å². The Kier molecular flexibility index (Phi) is 4.25. The Morgan fingerprint density at radius 2 is 2.00 bits per heavy atom. The molecule has 0 aliphatic heterocycles. The largest absolute Gasteiger partial charge is 0.282 e. The van der Waals surface area contributed by atoms with Crippen molar-refractivity contribution in [3.05, 3.63) is 35.9 Å². The van der Waals surface area contributed by atoms with Crippen LogP contribution in [0, 0.1) is 0 Å². The summed E-state index contributed by atoms with van der Waals surface area (Å²) in [6, 6.07) is 9.30. The first kappa shape index (κ1) is 9.68. The molecular formula is C9H10OS2. The first-order valence-electron chi connectivity index (χ1n) is 3.67. The second-order valence-electron chi connectivity index (χ2n) is 2.23. The van der Waals surface area contributed by atoms with Crippen LogP contribution in [-0.4, -0.2) is 16.6 Å². The second kappa shape index (κ2) is 5.27. The van der Waals surface area contributed by atoms with Gasteiger partial charge in [0, 0.05) is 11.3 Å². The van der Waals surface area contributed by atoms with Gasteiger partial charge in [-0.1, -0.05) is 42.1 Å². The van der Waals surface area contributed by atoms with Gasteiger partial charge in [-0.2, -0.15) is 12.6 Å². The Morgan fingerprint density at radius 1 is 1.33 bits per heavy atom. The van der Waals surface area contributed by atoms with Gasteiger partial charge >= 0.3 is 0 Å². The number of thiol groups is 1. The number of rotatable bonds is 3. The van der Waals surface area contributed by atoms with Crippen LogP contribution in [-0.2, 0) is 0 Å². The molecule has 0 saturated heterocycles. The highest BCUT2D eigenvalue weighted by Gasteiger charge is 2.03. The number of carbonyl (C=O) groups excluding carboxylic acids is 1. The van der Waals surface area contributed by atoms with Gasteiger partial charge in [-0.05, 0) is 5.75 Å². The highest BCUT2D eigenvalue weighted by atomic mass is 32.2. The van der Waals surface area contributed by atoms with Crippen LogP contribution in [0.15, 0.2) is 30.3 Å². The van der Waals surface area contributed by atoms with Crippen LogP contribution < -0.4 is 0 Å². The number of thioether (sulfide) groups is 1. The summed E-state index contributed by atoms with van der Waals surface area (Å²) in [6.45, 7) is 0. The summed E-state index contributed by atoms with van der Waals surface area (Å²) in [4.78, 5) is 11.3. The third-order valence-electron chi connectivity index (χ3n) is 1.33. The van der Waals surface area contributed by atoms with E-state index in [0.717, 1.165) is 17.1 Å². The topological polar surface area (TPSA) is 17.1 Å². The highest BCUT2D eigenvalue weighted by molar-refractivity contribution is 8.14. The normalized spacial score (nSPS) is 9.75. The van der Waals surface area contributed by atoms with Gasteiger partial charge in [0.25, 0.3) is 0 Å². The van der Waals surface area contributed by atoms with Crippen molar-refractivity contribution in [2.45, 2.75) is 0 Å². The van der Waals surface area contributed by atoms with Crippen molar-refractivity contribution in [3.63, 3.8) is 0 Å². The molecule has 0 fully saturated rings. The molecule has 0 amide bonds. The lowest BCUT2D eigenvalue weighted by Gasteiger charge is -1.97. The fourth-order valence-corrected chi connectivity index (χ4v) is 1.65. The Hall–Kier alpha value is -0.410. The van der Waals surface area contributed by atoms with E-state index in [1.807, 2.05) is 30.3 Å². The first-order chi connectivity index (χ1) is 5.84. The molecule has 0 aliphatic carbocycles. The molecule has 0 bridgehead atoms. The minimum atomic E-state index is 0.129. The van der Waals surface area contributed by atoms with Gasteiger partial charge in [-0.3, -0.25) is 4.79 Å². The summed E-state index contributed by atoms with van der Waals surface area (Å²) in [5.41, 5.74) is 0.768. The Balaban J connectivity index is 2.54. The van der Waals surface area contributed by atoms with Crippen molar-refractivity contribution in [1.82, 2.24) is 0 Å². The molecule has 0 atom stereocenters. The van der Waals surface area contributed by atoms with Crippen LogP contribution in [0.25, 0.3) is 0 Å². The maximum Gasteiger partial charge on any atom is 0.219 e. The van der Waals surface area contributed by atoms with E-state index >= 15 is 0 Å². The molecule has 0 unspecified atom stereocenters. The molecule has 0 heterocycles. The lowest BCUT2D eigenvalue weighted by molar-refractivity contribution is 0.108. The van der Waals surface area contributed by atoms with Gasteiger partial charge in [0.1, 0.15) is 0 Å². The van der Waals surface area contributed by atoms with E-state index in [0.29, 0.717) is 0 Å². The predicted octanol–water partition coefficient (Wildman–Crippen LogP) is 2.49. The Bertz CT molecular complexity index is 246. The van der Waals surface area contributed by atoms with Crippen molar-refractivity contribution in [3.8, 4) is 0 Å². The van der Waals surface area contributed by atoms with E-state index in [9.17, 15) is 4.79 Å².